The summed E-state index contributed by atoms with van der Waals surface area (Å²) in [4.78, 5) is 0. The zero-order valence-corrected chi connectivity index (χ0v) is 9.63. The first kappa shape index (κ1) is 11.0. The van der Waals surface area contributed by atoms with Gasteiger partial charge in [-0.2, -0.15) is 0 Å². The van der Waals surface area contributed by atoms with Gasteiger partial charge in [0.2, 0.25) is 0 Å². The average Bonchev–Trinajstić information content (AvgIpc) is 2.28. The van der Waals surface area contributed by atoms with E-state index in [-0.39, 0.29) is 0 Å². The number of halogens is 2. The summed E-state index contributed by atoms with van der Waals surface area (Å²) >= 11 is 11.9. The highest BCUT2D eigenvalue weighted by atomic mass is 35.5. The second-order valence-electron chi connectivity index (χ2n) is 3.07. The number of benzene rings is 1. The van der Waals surface area contributed by atoms with Crippen molar-refractivity contribution in [1.82, 2.24) is 10.2 Å². The van der Waals surface area contributed by atoms with Crippen molar-refractivity contribution in [1.29, 1.82) is 0 Å². The van der Waals surface area contributed by atoms with Crippen molar-refractivity contribution in [2.45, 2.75) is 0 Å². The predicted octanol–water partition coefficient (Wildman–Crippen LogP) is 3.11. The molecule has 4 nitrogen and oxygen atoms in total. The van der Waals surface area contributed by atoms with E-state index in [0.717, 1.165) is 0 Å². The number of nitrogen functional groups attached to an aromatic ring is 1. The van der Waals surface area contributed by atoms with Crippen LogP contribution in [0, 0.1) is 0 Å². The number of rotatable bonds is 2. The Labute approximate surface area is 102 Å². The van der Waals surface area contributed by atoms with E-state index < -0.39 is 0 Å². The number of hydrogen-bond donors (Lipinski definition) is 2. The minimum Gasteiger partial charge on any atom is -0.382 e. The summed E-state index contributed by atoms with van der Waals surface area (Å²) < 4.78 is 0. The van der Waals surface area contributed by atoms with Crippen LogP contribution < -0.4 is 11.1 Å². The summed E-state index contributed by atoms with van der Waals surface area (Å²) in [6.07, 6.45) is 0. The molecule has 0 saturated carbocycles. The van der Waals surface area contributed by atoms with Gasteiger partial charge in [-0.3, -0.25) is 0 Å². The van der Waals surface area contributed by atoms with E-state index in [0.29, 0.717) is 27.4 Å². The lowest BCUT2D eigenvalue weighted by atomic mass is 10.3. The molecule has 0 spiro atoms. The van der Waals surface area contributed by atoms with Gasteiger partial charge in [0.15, 0.2) is 5.82 Å². The van der Waals surface area contributed by atoms with Crippen molar-refractivity contribution in [3.63, 3.8) is 0 Å². The number of nitrogens with zero attached hydrogens (tertiary/aromatic N) is 2. The van der Waals surface area contributed by atoms with Crippen LogP contribution >= 0.6 is 23.2 Å². The largest absolute Gasteiger partial charge is 0.382 e. The highest BCUT2D eigenvalue weighted by Gasteiger charge is 2.04. The fraction of sp³-hybridized carbons (Fsp3) is 0. The molecule has 1 aromatic heterocycles. The number of nitrogens with one attached hydrogen (secondary N) is 1. The normalized spacial score (nSPS) is 10.1. The van der Waals surface area contributed by atoms with Crippen molar-refractivity contribution in [2.24, 2.45) is 0 Å². The molecule has 3 N–H and O–H groups in total. The van der Waals surface area contributed by atoms with Crippen molar-refractivity contribution < 1.29 is 0 Å². The van der Waals surface area contributed by atoms with Crippen LogP contribution in [0.25, 0.3) is 0 Å². The van der Waals surface area contributed by atoms with Gasteiger partial charge >= 0.3 is 0 Å². The Morgan fingerprint density at radius 2 is 1.88 bits per heavy atom. The lowest BCUT2D eigenvalue weighted by molar-refractivity contribution is 1.05. The molecule has 0 fully saturated rings. The van der Waals surface area contributed by atoms with Gasteiger partial charge in [0.05, 0.1) is 15.7 Å². The highest BCUT2D eigenvalue weighted by Crippen LogP contribution is 2.31. The molecule has 0 aliphatic rings. The van der Waals surface area contributed by atoms with Crippen molar-refractivity contribution in [3.05, 3.63) is 40.4 Å². The molecule has 2 aromatic rings. The number of nitrogens with two attached hydrogens (primary N) is 1. The number of hydrogen-bond acceptors (Lipinski definition) is 4. The first-order valence-electron chi connectivity index (χ1n) is 4.47. The number of aromatic nitrogens is 2. The quantitative estimate of drug-likeness (QED) is 0.865. The Hall–Kier alpha value is -1.52. The summed E-state index contributed by atoms with van der Waals surface area (Å²) in [7, 11) is 0. The molecular weight excluding hydrogens is 247 g/mol. The molecule has 1 heterocycles. The van der Waals surface area contributed by atoms with E-state index in [1.165, 1.54) is 0 Å². The van der Waals surface area contributed by atoms with Gasteiger partial charge in [-0.25, -0.2) is 0 Å². The molecule has 0 aliphatic heterocycles. The third kappa shape index (κ3) is 2.35. The van der Waals surface area contributed by atoms with E-state index in [9.17, 15) is 0 Å². The Kier molecular flexibility index (Phi) is 3.12. The average molecular weight is 255 g/mol. The molecular formula is C10H8Cl2N4. The molecule has 0 unspecified atom stereocenters. The van der Waals surface area contributed by atoms with Crippen LogP contribution in [-0.4, -0.2) is 10.2 Å². The molecule has 16 heavy (non-hydrogen) atoms. The third-order valence-corrected chi connectivity index (χ3v) is 2.72. The minimum absolute atomic E-state index is 0.364. The van der Waals surface area contributed by atoms with Gasteiger partial charge in [0.25, 0.3) is 0 Å². The molecule has 0 amide bonds. The van der Waals surface area contributed by atoms with Crippen LogP contribution in [0.1, 0.15) is 0 Å². The van der Waals surface area contributed by atoms with Gasteiger partial charge in [0.1, 0.15) is 5.82 Å². The van der Waals surface area contributed by atoms with E-state index >= 15 is 0 Å². The van der Waals surface area contributed by atoms with E-state index in [1.807, 2.05) is 0 Å². The topological polar surface area (TPSA) is 63.8 Å². The van der Waals surface area contributed by atoms with Crippen molar-refractivity contribution in [3.8, 4) is 0 Å². The van der Waals surface area contributed by atoms with E-state index in [2.05, 4.69) is 15.5 Å². The fourth-order valence-corrected chi connectivity index (χ4v) is 1.50. The molecule has 82 valence electrons. The minimum atomic E-state index is 0.364. The Balaban J connectivity index is 2.27. The molecule has 1 aromatic carbocycles. The SMILES string of the molecule is Nc1ccc(Nc2cccc(Cl)c2Cl)nn1. The predicted molar refractivity (Wildman–Crippen MR) is 66.2 cm³/mol. The van der Waals surface area contributed by atoms with Crippen LogP contribution in [0.15, 0.2) is 30.3 Å². The van der Waals surface area contributed by atoms with Gasteiger partial charge in [0, 0.05) is 0 Å². The Morgan fingerprint density at radius 1 is 1.06 bits per heavy atom. The maximum Gasteiger partial charge on any atom is 0.153 e. The Morgan fingerprint density at radius 3 is 2.56 bits per heavy atom. The number of anilines is 3. The highest BCUT2D eigenvalue weighted by molar-refractivity contribution is 6.43. The lowest BCUT2D eigenvalue weighted by Crippen LogP contribution is -1.98. The summed E-state index contributed by atoms with van der Waals surface area (Å²) in [5.41, 5.74) is 6.10. The van der Waals surface area contributed by atoms with E-state index in [4.69, 9.17) is 28.9 Å². The van der Waals surface area contributed by atoms with Crippen LogP contribution in [0.3, 0.4) is 0 Å². The summed E-state index contributed by atoms with van der Waals surface area (Å²) in [6.45, 7) is 0. The standard InChI is InChI=1S/C10H8Cl2N4/c11-6-2-1-3-7(10(6)12)14-9-5-4-8(13)15-16-9/h1-5H,(H2,13,15)(H,14,16). The third-order valence-electron chi connectivity index (χ3n) is 1.90. The smallest absolute Gasteiger partial charge is 0.153 e. The summed E-state index contributed by atoms with van der Waals surface area (Å²) in [5.74, 6) is 0.918. The fourth-order valence-electron chi connectivity index (χ4n) is 1.15. The van der Waals surface area contributed by atoms with Gasteiger partial charge in [-0.05, 0) is 24.3 Å². The first-order valence-corrected chi connectivity index (χ1v) is 5.22. The molecule has 0 aliphatic carbocycles. The summed E-state index contributed by atoms with van der Waals surface area (Å²) in [5, 5.41) is 11.5. The van der Waals surface area contributed by atoms with Crippen molar-refractivity contribution >= 4 is 40.5 Å². The second-order valence-corrected chi connectivity index (χ2v) is 3.85. The second kappa shape index (κ2) is 4.55. The monoisotopic (exact) mass is 254 g/mol. The van der Waals surface area contributed by atoms with Gasteiger partial charge in [-0.1, -0.05) is 29.3 Å². The molecule has 0 atom stereocenters. The zero-order chi connectivity index (χ0) is 11.5. The Bertz CT molecular complexity index is 499. The zero-order valence-electron chi connectivity index (χ0n) is 8.11. The van der Waals surface area contributed by atoms with Crippen LogP contribution in [0.2, 0.25) is 10.0 Å². The maximum atomic E-state index is 6.01. The molecule has 2 rings (SSSR count). The van der Waals surface area contributed by atoms with Crippen LogP contribution in [-0.2, 0) is 0 Å². The molecule has 6 heteroatoms. The molecule has 0 saturated heterocycles. The van der Waals surface area contributed by atoms with Gasteiger partial charge in [-0.15, -0.1) is 10.2 Å². The molecule has 0 radical (unpaired) electrons. The first-order chi connectivity index (χ1) is 7.66. The lowest BCUT2D eigenvalue weighted by Gasteiger charge is -2.07. The van der Waals surface area contributed by atoms with Gasteiger partial charge < -0.3 is 11.1 Å². The molecule has 0 bridgehead atoms. The summed E-state index contributed by atoms with van der Waals surface area (Å²) in [6, 6.07) is 8.66. The van der Waals surface area contributed by atoms with Crippen LogP contribution in [0.4, 0.5) is 17.3 Å². The maximum absolute atomic E-state index is 6.01. The van der Waals surface area contributed by atoms with Crippen LogP contribution in [0.5, 0.6) is 0 Å². The van der Waals surface area contributed by atoms with E-state index in [1.54, 1.807) is 30.3 Å². The van der Waals surface area contributed by atoms with Crippen molar-refractivity contribution in [2.75, 3.05) is 11.1 Å².